The predicted octanol–water partition coefficient (Wildman–Crippen LogP) is 1.89. The summed E-state index contributed by atoms with van der Waals surface area (Å²) in [5, 5.41) is 0. The largest absolute Gasteiger partial charge is 0.398 e. The number of benzene rings is 1. The average Bonchev–Trinajstić information content (AvgIpc) is 2.64. The van der Waals surface area contributed by atoms with Gasteiger partial charge in [-0.3, -0.25) is 4.79 Å². The maximum Gasteiger partial charge on any atom is 0.255 e. The van der Waals surface area contributed by atoms with Gasteiger partial charge in [-0.25, -0.2) is 4.39 Å². The second kappa shape index (κ2) is 4.12. The molecule has 0 aliphatic carbocycles. The molecule has 1 aromatic carbocycles. The number of halogens is 1. The quantitative estimate of drug-likeness (QED) is 0.737. The van der Waals surface area contributed by atoms with Crippen LogP contribution in [-0.2, 0) is 0 Å². The van der Waals surface area contributed by atoms with E-state index < -0.39 is 5.82 Å². The van der Waals surface area contributed by atoms with Gasteiger partial charge in [-0.05, 0) is 30.5 Å². The van der Waals surface area contributed by atoms with Crippen molar-refractivity contribution in [2.24, 2.45) is 5.92 Å². The van der Waals surface area contributed by atoms with E-state index in [4.69, 9.17) is 5.73 Å². The molecule has 0 radical (unpaired) electrons. The Hall–Kier alpha value is -1.58. The molecule has 1 heterocycles. The standard InChI is InChI=1S/C12H15FN2O/c1-8-4-5-15(7-8)12(16)10-3-2-9(13)6-11(10)14/h2-3,6,8H,4-5,7,14H2,1H3. The number of carbonyl (C=O) groups excluding carboxylic acids is 1. The van der Waals surface area contributed by atoms with Crippen LogP contribution >= 0.6 is 0 Å². The molecule has 1 saturated heterocycles. The normalized spacial score (nSPS) is 20.1. The van der Waals surface area contributed by atoms with Crippen LogP contribution in [-0.4, -0.2) is 23.9 Å². The fraction of sp³-hybridized carbons (Fsp3) is 0.417. The Labute approximate surface area is 94.0 Å². The van der Waals surface area contributed by atoms with Crippen LogP contribution in [0.1, 0.15) is 23.7 Å². The van der Waals surface area contributed by atoms with E-state index in [2.05, 4.69) is 6.92 Å². The lowest BCUT2D eigenvalue weighted by atomic mass is 10.1. The van der Waals surface area contributed by atoms with E-state index >= 15 is 0 Å². The molecule has 4 heteroatoms. The van der Waals surface area contributed by atoms with Crippen molar-refractivity contribution in [1.29, 1.82) is 0 Å². The number of carbonyl (C=O) groups is 1. The Morgan fingerprint density at radius 3 is 2.88 bits per heavy atom. The van der Waals surface area contributed by atoms with Gasteiger partial charge in [-0.15, -0.1) is 0 Å². The molecule has 0 spiro atoms. The summed E-state index contributed by atoms with van der Waals surface area (Å²) in [7, 11) is 0. The third-order valence-electron chi connectivity index (χ3n) is 2.96. The lowest BCUT2D eigenvalue weighted by Crippen LogP contribution is -2.29. The number of hydrogen-bond acceptors (Lipinski definition) is 2. The average molecular weight is 222 g/mol. The topological polar surface area (TPSA) is 46.3 Å². The molecule has 16 heavy (non-hydrogen) atoms. The Morgan fingerprint density at radius 1 is 1.56 bits per heavy atom. The molecule has 86 valence electrons. The lowest BCUT2D eigenvalue weighted by Gasteiger charge is -2.16. The minimum Gasteiger partial charge on any atom is -0.398 e. The molecule has 1 aromatic rings. The van der Waals surface area contributed by atoms with E-state index in [0.29, 0.717) is 11.5 Å². The molecular weight excluding hydrogens is 207 g/mol. The van der Waals surface area contributed by atoms with Crippen LogP contribution in [0.2, 0.25) is 0 Å². The third-order valence-corrected chi connectivity index (χ3v) is 2.96. The van der Waals surface area contributed by atoms with E-state index in [1.54, 1.807) is 4.90 Å². The number of amides is 1. The summed E-state index contributed by atoms with van der Waals surface area (Å²) in [6, 6.07) is 3.91. The number of nitrogens with zero attached hydrogens (tertiary/aromatic N) is 1. The van der Waals surface area contributed by atoms with Gasteiger partial charge in [0.1, 0.15) is 5.82 Å². The summed E-state index contributed by atoms with van der Waals surface area (Å²) in [5.41, 5.74) is 6.25. The van der Waals surface area contributed by atoms with Gasteiger partial charge in [0.2, 0.25) is 0 Å². The Kier molecular flexibility index (Phi) is 2.81. The van der Waals surface area contributed by atoms with E-state index in [-0.39, 0.29) is 11.6 Å². The van der Waals surface area contributed by atoms with Gasteiger partial charge in [-0.2, -0.15) is 0 Å². The van der Waals surface area contributed by atoms with Gasteiger partial charge in [0.15, 0.2) is 0 Å². The Morgan fingerprint density at radius 2 is 2.31 bits per heavy atom. The number of nitrogen functional groups attached to an aromatic ring is 1. The first kappa shape index (κ1) is 10.9. The Bertz CT molecular complexity index is 419. The van der Waals surface area contributed by atoms with Gasteiger partial charge < -0.3 is 10.6 Å². The van der Waals surface area contributed by atoms with Crippen molar-refractivity contribution in [3.8, 4) is 0 Å². The molecule has 0 bridgehead atoms. The molecule has 0 saturated carbocycles. The second-order valence-electron chi connectivity index (χ2n) is 4.38. The summed E-state index contributed by atoms with van der Waals surface area (Å²) in [6.45, 7) is 3.63. The number of likely N-dealkylation sites (tertiary alicyclic amines) is 1. The van der Waals surface area contributed by atoms with E-state index in [1.165, 1.54) is 18.2 Å². The summed E-state index contributed by atoms with van der Waals surface area (Å²) >= 11 is 0. The van der Waals surface area contributed by atoms with E-state index in [0.717, 1.165) is 19.5 Å². The van der Waals surface area contributed by atoms with Crippen LogP contribution in [0.25, 0.3) is 0 Å². The maximum atomic E-state index is 12.8. The smallest absolute Gasteiger partial charge is 0.255 e. The van der Waals surface area contributed by atoms with Gasteiger partial charge in [-0.1, -0.05) is 6.92 Å². The minimum atomic E-state index is -0.413. The molecular formula is C12H15FN2O. The lowest BCUT2D eigenvalue weighted by molar-refractivity contribution is 0.0789. The molecule has 2 N–H and O–H groups in total. The second-order valence-corrected chi connectivity index (χ2v) is 4.38. The molecule has 1 unspecified atom stereocenters. The summed E-state index contributed by atoms with van der Waals surface area (Å²) < 4.78 is 12.8. The number of hydrogen-bond donors (Lipinski definition) is 1. The highest BCUT2D eigenvalue weighted by Gasteiger charge is 2.25. The fourth-order valence-electron chi connectivity index (χ4n) is 2.02. The summed E-state index contributed by atoms with van der Waals surface area (Å²) in [4.78, 5) is 13.8. The van der Waals surface area contributed by atoms with E-state index in [1.807, 2.05) is 0 Å². The van der Waals surface area contributed by atoms with Crippen molar-refractivity contribution in [3.63, 3.8) is 0 Å². The van der Waals surface area contributed by atoms with Gasteiger partial charge >= 0.3 is 0 Å². The van der Waals surface area contributed by atoms with Crippen molar-refractivity contribution in [2.75, 3.05) is 18.8 Å². The van der Waals surface area contributed by atoms with Crippen LogP contribution in [0.4, 0.5) is 10.1 Å². The van der Waals surface area contributed by atoms with E-state index in [9.17, 15) is 9.18 Å². The van der Waals surface area contributed by atoms with Crippen LogP contribution in [0.3, 0.4) is 0 Å². The molecule has 1 fully saturated rings. The SMILES string of the molecule is CC1CCN(C(=O)c2ccc(F)cc2N)C1. The zero-order valence-corrected chi connectivity index (χ0v) is 9.24. The highest BCUT2D eigenvalue weighted by atomic mass is 19.1. The van der Waals surface area contributed by atoms with Crippen LogP contribution in [0, 0.1) is 11.7 Å². The zero-order chi connectivity index (χ0) is 11.7. The molecule has 1 aliphatic heterocycles. The molecule has 1 atom stereocenters. The predicted molar refractivity (Wildman–Crippen MR) is 60.5 cm³/mol. The fourth-order valence-corrected chi connectivity index (χ4v) is 2.02. The van der Waals surface area contributed by atoms with Gasteiger partial charge in [0.25, 0.3) is 5.91 Å². The molecule has 3 nitrogen and oxygen atoms in total. The number of anilines is 1. The molecule has 1 aliphatic rings. The Balaban J connectivity index is 2.21. The van der Waals surface area contributed by atoms with Crippen molar-refractivity contribution in [1.82, 2.24) is 4.90 Å². The highest BCUT2D eigenvalue weighted by molar-refractivity contribution is 5.99. The van der Waals surface area contributed by atoms with Crippen molar-refractivity contribution < 1.29 is 9.18 Å². The molecule has 0 aromatic heterocycles. The van der Waals surface area contributed by atoms with Crippen molar-refractivity contribution in [3.05, 3.63) is 29.6 Å². The van der Waals surface area contributed by atoms with Gasteiger partial charge in [0, 0.05) is 18.8 Å². The first-order valence-corrected chi connectivity index (χ1v) is 5.42. The first-order chi connectivity index (χ1) is 7.58. The van der Waals surface area contributed by atoms with Crippen LogP contribution < -0.4 is 5.73 Å². The van der Waals surface area contributed by atoms with Crippen molar-refractivity contribution >= 4 is 11.6 Å². The first-order valence-electron chi connectivity index (χ1n) is 5.42. The minimum absolute atomic E-state index is 0.0955. The van der Waals surface area contributed by atoms with Crippen LogP contribution in [0.5, 0.6) is 0 Å². The van der Waals surface area contributed by atoms with Gasteiger partial charge in [0.05, 0.1) is 5.56 Å². The highest BCUT2D eigenvalue weighted by Crippen LogP contribution is 2.21. The summed E-state index contributed by atoms with van der Waals surface area (Å²) in [6.07, 6.45) is 1.02. The van der Waals surface area contributed by atoms with Crippen molar-refractivity contribution in [2.45, 2.75) is 13.3 Å². The third kappa shape index (κ3) is 2.01. The maximum absolute atomic E-state index is 12.8. The summed E-state index contributed by atoms with van der Waals surface area (Å²) in [5.74, 6) is 0.0244. The monoisotopic (exact) mass is 222 g/mol. The molecule has 1 amide bonds. The number of rotatable bonds is 1. The number of nitrogens with two attached hydrogens (primary N) is 1. The molecule has 2 rings (SSSR count). The van der Waals surface area contributed by atoms with Crippen LogP contribution in [0.15, 0.2) is 18.2 Å². The zero-order valence-electron chi connectivity index (χ0n) is 9.24.